The van der Waals surface area contributed by atoms with Crippen molar-refractivity contribution in [2.45, 2.75) is 25.8 Å². The Balaban J connectivity index is 1.68. The average Bonchev–Trinajstić information content (AvgIpc) is 3.15. The number of carbonyl (C=O) groups is 1. The maximum atomic E-state index is 10.9. The molecule has 0 bridgehead atoms. The molecule has 2 heterocycles. The molecule has 0 amide bonds. The molecule has 0 unspecified atom stereocenters. The number of hydrogen-bond acceptors (Lipinski definition) is 6. The number of aliphatic carboxylic acids is 1. The summed E-state index contributed by atoms with van der Waals surface area (Å²) in [7, 11) is 3.22. The normalized spacial score (nSPS) is 11.0. The van der Waals surface area contributed by atoms with Gasteiger partial charge in [-0.15, -0.1) is 0 Å². The van der Waals surface area contributed by atoms with E-state index in [9.17, 15) is 4.79 Å². The summed E-state index contributed by atoms with van der Waals surface area (Å²) in [4.78, 5) is 23.6. The number of anilines is 1. The van der Waals surface area contributed by atoms with E-state index in [1.165, 1.54) is 0 Å². The second-order valence-electron chi connectivity index (χ2n) is 7.17. The molecular weight excluding hydrogens is 396 g/mol. The number of carboxylic acids is 1. The fraction of sp³-hybridized carbons (Fsp3) is 0.261. The molecular formula is C23H24N4O4. The minimum absolute atomic E-state index is 0.0858. The zero-order chi connectivity index (χ0) is 21.8. The fourth-order valence-electron chi connectivity index (χ4n) is 3.60. The van der Waals surface area contributed by atoms with Crippen LogP contribution >= 0.6 is 0 Å². The first-order valence-electron chi connectivity index (χ1n) is 10.0. The van der Waals surface area contributed by atoms with Crippen LogP contribution in [-0.2, 0) is 17.8 Å². The Morgan fingerprint density at radius 1 is 1.10 bits per heavy atom. The Labute approximate surface area is 179 Å². The van der Waals surface area contributed by atoms with Crippen LogP contribution in [0.25, 0.3) is 21.9 Å². The lowest BCUT2D eigenvalue weighted by atomic mass is 10.1. The Bertz CT molecular complexity index is 1240. The molecule has 0 radical (unpaired) electrons. The van der Waals surface area contributed by atoms with Gasteiger partial charge in [0.25, 0.3) is 0 Å². The summed E-state index contributed by atoms with van der Waals surface area (Å²) in [6.45, 7) is 0.528. The molecule has 2 aromatic carbocycles. The van der Waals surface area contributed by atoms with Crippen molar-refractivity contribution in [2.75, 3.05) is 19.5 Å². The van der Waals surface area contributed by atoms with Gasteiger partial charge in [-0.3, -0.25) is 4.79 Å². The first kappa shape index (κ1) is 20.5. The van der Waals surface area contributed by atoms with Crippen LogP contribution in [0.5, 0.6) is 11.5 Å². The van der Waals surface area contributed by atoms with E-state index in [4.69, 9.17) is 19.6 Å². The molecule has 8 nitrogen and oxygen atoms in total. The van der Waals surface area contributed by atoms with Gasteiger partial charge in [0.15, 0.2) is 11.5 Å². The predicted octanol–water partition coefficient (Wildman–Crippen LogP) is 4.15. The van der Waals surface area contributed by atoms with Gasteiger partial charge in [-0.05, 0) is 30.2 Å². The Kier molecular flexibility index (Phi) is 5.88. The van der Waals surface area contributed by atoms with Gasteiger partial charge in [-0.25, -0.2) is 9.97 Å². The molecule has 0 aliphatic rings. The lowest BCUT2D eigenvalue weighted by Gasteiger charge is -2.12. The molecule has 0 saturated heterocycles. The first-order chi connectivity index (χ1) is 15.1. The lowest BCUT2D eigenvalue weighted by Crippen LogP contribution is -2.06. The van der Waals surface area contributed by atoms with Gasteiger partial charge in [-0.1, -0.05) is 24.3 Å². The summed E-state index contributed by atoms with van der Waals surface area (Å²) >= 11 is 0. The Morgan fingerprint density at radius 2 is 1.90 bits per heavy atom. The van der Waals surface area contributed by atoms with Crippen molar-refractivity contribution >= 4 is 33.7 Å². The topological polar surface area (TPSA) is 109 Å². The number of rotatable bonds is 9. The van der Waals surface area contributed by atoms with E-state index in [1.54, 1.807) is 14.2 Å². The second kappa shape index (κ2) is 8.91. The second-order valence-corrected chi connectivity index (χ2v) is 7.17. The molecule has 3 N–H and O–H groups in total. The van der Waals surface area contributed by atoms with Crippen LogP contribution in [0.3, 0.4) is 0 Å². The molecule has 0 atom stereocenters. The summed E-state index contributed by atoms with van der Waals surface area (Å²) in [6.07, 6.45) is 1.06. The maximum Gasteiger partial charge on any atom is 0.303 e. The van der Waals surface area contributed by atoms with Gasteiger partial charge >= 0.3 is 5.97 Å². The summed E-state index contributed by atoms with van der Waals surface area (Å²) in [6, 6.07) is 13.7. The number of benzene rings is 2. The number of aryl methyl sites for hydroxylation is 1. The molecule has 4 aromatic rings. The number of fused-ring (bicyclic) bond motifs is 3. The Morgan fingerprint density at radius 3 is 2.68 bits per heavy atom. The zero-order valence-corrected chi connectivity index (χ0v) is 17.4. The van der Waals surface area contributed by atoms with Crippen molar-refractivity contribution in [2.24, 2.45) is 0 Å². The summed E-state index contributed by atoms with van der Waals surface area (Å²) < 4.78 is 10.7. The van der Waals surface area contributed by atoms with Crippen LogP contribution < -0.4 is 14.8 Å². The quantitative estimate of drug-likeness (QED) is 0.373. The van der Waals surface area contributed by atoms with Gasteiger partial charge in [0, 0.05) is 30.3 Å². The molecule has 2 aromatic heterocycles. The summed E-state index contributed by atoms with van der Waals surface area (Å²) in [5, 5.41) is 14.3. The molecule has 0 spiro atoms. The number of nitrogens with one attached hydrogen (secondary N) is 2. The van der Waals surface area contributed by atoms with Crippen molar-refractivity contribution in [1.82, 2.24) is 15.0 Å². The van der Waals surface area contributed by atoms with E-state index >= 15 is 0 Å². The van der Waals surface area contributed by atoms with E-state index in [-0.39, 0.29) is 6.42 Å². The third-order valence-electron chi connectivity index (χ3n) is 5.10. The molecule has 31 heavy (non-hydrogen) atoms. The van der Waals surface area contributed by atoms with Crippen molar-refractivity contribution in [3.8, 4) is 11.5 Å². The Hall–Kier alpha value is -3.81. The van der Waals surface area contributed by atoms with Gasteiger partial charge in [0.05, 0.1) is 19.6 Å². The highest BCUT2D eigenvalue weighted by molar-refractivity contribution is 6.11. The number of H-pyrrole nitrogens is 1. The number of methoxy groups -OCH3 is 2. The highest BCUT2D eigenvalue weighted by atomic mass is 16.5. The van der Waals surface area contributed by atoms with Crippen molar-refractivity contribution < 1.29 is 19.4 Å². The third kappa shape index (κ3) is 4.37. The van der Waals surface area contributed by atoms with Gasteiger partial charge < -0.3 is 24.9 Å². The number of para-hydroxylation sites is 1. The van der Waals surface area contributed by atoms with Crippen LogP contribution in [0.1, 0.15) is 24.2 Å². The number of carboxylic acid groups (broad SMARTS) is 1. The molecule has 4 rings (SSSR count). The summed E-state index contributed by atoms with van der Waals surface area (Å²) in [5.74, 6) is 1.83. The molecule has 8 heteroatoms. The van der Waals surface area contributed by atoms with Crippen molar-refractivity contribution in [3.05, 3.63) is 53.9 Å². The minimum atomic E-state index is -0.821. The van der Waals surface area contributed by atoms with E-state index in [0.29, 0.717) is 42.5 Å². The summed E-state index contributed by atoms with van der Waals surface area (Å²) in [5.41, 5.74) is 2.72. The van der Waals surface area contributed by atoms with Crippen molar-refractivity contribution in [3.63, 3.8) is 0 Å². The highest BCUT2D eigenvalue weighted by Gasteiger charge is 2.14. The highest BCUT2D eigenvalue weighted by Crippen LogP contribution is 2.31. The van der Waals surface area contributed by atoms with E-state index in [2.05, 4.69) is 15.3 Å². The van der Waals surface area contributed by atoms with E-state index in [1.807, 2.05) is 42.5 Å². The third-order valence-corrected chi connectivity index (χ3v) is 5.10. The van der Waals surface area contributed by atoms with Crippen molar-refractivity contribution in [1.29, 1.82) is 0 Å². The van der Waals surface area contributed by atoms with Crippen LogP contribution in [0.4, 0.5) is 5.82 Å². The smallest absolute Gasteiger partial charge is 0.303 e. The number of ether oxygens (including phenoxy) is 2. The lowest BCUT2D eigenvalue weighted by molar-refractivity contribution is -0.137. The van der Waals surface area contributed by atoms with Gasteiger partial charge in [0.2, 0.25) is 0 Å². The van der Waals surface area contributed by atoms with Crippen LogP contribution in [0.15, 0.2) is 42.5 Å². The number of hydrogen-bond donors (Lipinski definition) is 3. The van der Waals surface area contributed by atoms with Crippen LogP contribution in [0.2, 0.25) is 0 Å². The maximum absolute atomic E-state index is 10.9. The molecule has 0 aliphatic carbocycles. The standard InChI is InChI=1S/C23H24N4O4/c1-30-17-11-10-14(12-18(17)31-2)13-24-22-21-15-6-3-4-7-16(15)25-23(21)27-19(26-22)8-5-9-20(28)29/h3-4,6-7,10-12H,5,8-9,13H2,1-2H3,(H,28,29)(H2,24,25,26,27). The number of aromatic amines is 1. The molecule has 0 aliphatic heterocycles. The van der Waals surface area contributed by atoms with E-state index in [0.717, 1.165) is 27.5 Å². The predicted molar refractivity (Wildman–Crippen MR) is 119 cm³/mol. The number of nitrogens with zero attached hydrogens (tertiary/aromatic N) is 2. The fourth-order valence-corrected chi connectivity index (χ4v) is 3.60. The zero-order valence-electron chi connectivity index (χ0n) is 17.4. The molecule has 160 valence electrons. The first-order valence-corrected chi connectivity index (χ1v) is 10.0. The number of aromatic nitrogens is 3. The average molecular weight is 420 g/mol. The molecule has 0 saturated carbocycles. The largest absolute Gasteiger partial charge is 0.493 e. The SMILES string of the molecule is COc1ccc(CNc2nc(CCCC(=O)O)nc3[nH]c4ccccc4c23)cc1OC. The monoisotopic (exact) mass is 420 g/mol. The van der Waals surface area contributed by atoms with E-state index < -0.39 is 5.97 Å². The van der Waals surface area contributed by atoms with Gasteiger partial charge in [0.1, 0.15) is 17.3 Å². The van der Waals surface area contributed by atoms with Gasteiger partial charge in [-0.2, -0.15) is 0 Å². The minimum Gasteiger partial charge on any atom is -0.493 e. The molecule has 0 fully saturated rings. The van der Waals surface area contributed by atoms with Crippen LogP contribution in [-0.4, -0.2) is 40.2 Å². The van der Waals surface area contributed by atoms with Crippen LogP contribution in [0, 0.1) is 0 Å².